The molecule has 0 atom stereocenters. The summed E-state index contributed by atoms with van der Waals surface area (Å²) >= 11 is -3.73. The minimum absolute atomic E-state index is 0.366. The van der Waals surface area contributed by atoms with Gasteiger partial charge in [-0.2, -0.15) is 0 Å². The molecule has 0 saturated heterocycles. The van der Waals surface area contributed by atoms with Gasteiger partial charge in [0.15, 0.2) is 0 Å². The molecular weight excluding hydrogens is 477 g/mol. The van der Waals surface area contributed by atoms with Crippen molar-refractivity contribution in [3.63, 3.8) is 0 Å². The first kappa shape index (κ1) is 17.1. The minimum atomic E-state index is -3.73. The average Bonchev–Trinajstić information content (AvgIpc) is 3.30. The predicted molar refractivity (Wildman–Crippen MR) is 140 cm³/mol. The molecule has 1 aliphatic heterocycles. The van der Waals surface area contributed by atoms with Crippen molar-refractivity contribution in [2.24, 2.45) is 7.05 Å². The van der Waals surface area contributed by atoms with Crippen LogP contribution in [0.3, 0.4) is 0 Å². The van der Waals surface area contributed by atoms with E-state index in [1.165, 1.54) is 0 Å². The Morgan fingerprint density at radius 2 is 1.71 bits per heavy atom. The molecule has 0 amide bonds. The summed E-state index contributed by atoms with van der Waals surface area (Å²) in [5.74, 6) is 3.62. The molecule has 0 N–H and O–H groups in total. The SMILES string of the molecule is [2H][C]1([2H])c2cccc(-c3c(C#N)ccc4c3oc3c(-c5cccc[n+]5C)c(C)ccc34)c2[C]([2H])([2H])[Ge]1([CH3])[CH3]. The molecule has 0 radical (unpaired) electrons. The maximum absolute atomic E-state index is 10.2. The zero-order valence-electron chi connectivity index (χ0n) is 23.7. The zero-order chi connectivity index (χ0) is 27.2. The van der Waals surface area contributed by atoms with Crippen LogP contribution in [0, 0.1) is 18.3 Å². The van der Waals surface area contributed by atoms with Gasteiger partial charge in [0.05, 0.1) is 0 Å². The summed E-state index contributed by atoms with van der Waals surface area (Å²) in [5.41, 5.74) is 6.45. The van der Waals surface area contributed by atoms with E-state index in [0.717, 1.165) is 27.6 Å². The summed E-state index contributed by atoms with van der Waals surface area (Å²) in [5, 5.41) is 8.41. The molecule has 4 heteroatoms. The van der Waals surface area contributed by atoms with Crippen LogP contribution in [0.25, 0.3) is 44.3 Å². The second-order valence-corrected chi connectivity index (χ2v) is 17.4. The van der Waals surface area contributed by atoms with E-state index in [1.807, 2.05) is 72.6 Å². The van der Waals surface area contributed by atoms with E-state index in [4.69, 9.17) is 9.90 Å². The van der Waals surface area contributed by atoms with E-state index in [9.17, 15) is 5.26 Å². The number of nitriles is 1. The molecular formula is C30H27GeN2O+. The summed E-state index contributed by atoms with van der Waals surface area (Å²) in [6.45, 7) is 2.05. The van der Waals surface area contributed by atoms with Crippen molar-refractivity contribution in [3.8, 4) is 28.5 Å². The molecule has 2 aromatic heterocycles. The van der Waals surface area contributed by atoms with Gasteiger partial charge in [0.2, 0.25) is 0 Å². The van der Waals surface area contributed by atoms with Crippen LogP contribution < -0.4 is 4.57 Å². The van der Waals surface area contributed by atoms with E-state index in [-0.39, 0.29) is 0 Å². The predicted octanol–water partition coefficient (Wildman–Crippen LogP) is 6.81. The van der Waals surface area contributed by atoms with Gasteiger partial charge in [0, 0.05) is 0 Å². The Kier molecular flexibility index (Phi) is 3.82. The van der Waals surface area contributed by atoms with Gasteiger partial charge in [-0.25, -0.2) is 0 Å². The fourth-order valence-corrected chi connectivity index (χ4v) is 9.00. The molecule has 0 fully saturated rings. The molecule has 34 heavy (non-hydrogen) atoms. The molecule has 0 spiro atoms. The molecule has 1 aliphatic rings. The third kappa shape index (κ3) is 3.13. The van der Waals surface area contributed by atoms with Gasteiger partial charge in [-0.15, -0.1) is 0 Å². The number of pyridine rings is 1. The van der Waals surface area contributed by atoms with Crippen LogP contribution >= 0.6 is 0 Å². The summed E-state index contributed by atoms with van der Waals surface area (Å²) < 4.78 is 44.9. The molecule has 6 rings (SSSR count). The Labute approximate surface area is 208 Å². The van der Waals surface area contributed by atoms with Crippen molar-refractivity contribution < 1.29 is 14.5 Å². The number of benzene rings is 3. The third-order valence-corrected chi connectivity index (χ3v) is 10.4. The number of nitrogens with zero attached hydrogens (tertiary/aromatic N) is 2. The van der Waals surface area contributed by atoms with Gasteiger partial charge in [-0.05, 0) is 0 Å². The Bertz CT molecular complexity index is 1850. The van der Waals surface area contributed by atoms with E-state index in [1.54, 1.807) is 18.2 Å². The molecule has 0 saturated carbocycles. The Morgan fingerprint density at radius 1 is 0.941 bits per heavy atom. The van der Waals surface area contributed by atoms with E-state index in [2.05, 4.69) is 12.1 Å². The van der Waals surface area contributed by atoms with Crippen LogP contribution in [-0.4, -0.2) is 13.3 Å². The van der Waals surface area contributed by atoms with E-state index in [0.29, 0.717) is 39.0 Å². The normalized spacial score (nSPS) is 19.1. The number of rotatable bonds is 2. The van der Waals surface area contributed by atoms with E-state index < -0.39 is 23.7 Å². The molecule has 0 bridgehead atoms. The first-order valence-electron chi connectivity index (χ1n) is 13.4. The average molecular weight is 508 g/mol. The quantitative estimate of drug-likeness (QED) is 0.194. The number of furan rings is 1. The second-order valence-electron chi connectivity index (χ2n) is 9.51. The van der Waals surface area contributed by atoms with Crippen molar-refractivity contribution in [1.29, 1.82) is 5.26 Å². The first-order valence-corrected chi connectivity index (χ1v) is 17.7. The van der Waals surface area contributed by atoms with Crippen LogP contribution in [0.1, 0.15) is 27.7 Å². The molecule has 166 valence electrons. The van der Waals surface area contributed by atoms with Crippen molar-refractivity contribution in [2.75, 3.05) is 0 Å². The van der Waals surface area contributed by atoms with Crippen LogP contribution in [0.2, 0.25) is 11.5 Å². The van der Waals surface area contributed by atoms with Crippen LogP contribution in [0.15, 0.2) is 71.3 Å². The molecule has 3 heterocycles. The molecule has 5 aromatic rings. The van der Waals surface area contributed by atoms with Crippen molar-refractivity contribution in [1.82, 2.24) is 0 Å². The standard InChI is InChI=1S/C30H27GeN2O/c1-19-11-13-23-24-14-12-21(18-32)28(22-9-7-8-20-16-31(2,3)17-25(20)22)30(24)34-29(23)27(19)26-10-5-6-15-33(26)4/h5-15H,16-17H2,1-4H3/q+1/i16D2,17D2. The number of aryl methyl sites for hydroxylation is 2. The van der Waals surface area contributed by atoms with Crippen molar-refractivity contribution >= 4 is 35.2 Å². The number of aromatic nitrogens is 1. The van der Waals surface area contributed by atoms with Gasteiger partial charge in [-0.1, -0.05) is 0 Å². The van der Waals surface area contributed by atoms with Gasteiger partial charge in [0.25, 0.3) is 0 Å². The van der Waals surface area contributed by atoms with Crippen molar-refractivity contribution in [3.05, 3.63) is 89.1 Å². The number of hydrogen-bond donors (Lipinski definition) is 0. The molecule has 3 aromatic carbocycles. The molecule has 0 unspecified atom stereocenters. The molecule has 0 aliphatic carbocycles. The Morgan fingerprint density at radius 3 is 2.47 bits per heavy atom. The van der Waals surface area contributed by atoms with E-state index >= 15 is 0 Å². The van der Waals surface area contributed by atoms with Crippen LogP contribution in [-0.2, 0) is 17.5 Å². The van der Waals surface area contributed by atoms with Crippen molar-refractivity contribution in [2.45, 2.75) is 28.8 Å². The maximum atomic E-state index is 10.2. The first-order chi connectivity index (χ1) is 17.9. The second kappa shape index (κ2) is 7.58. The summed E-state index contributed by atoms with van der Waals surface area (Å²) in [6, 6.07) is 21.4. The van der Waals surface area contributed by atoms with Gasteiger partial charge >= 0.3 is 208 Å². The number of fused-ring (bicyclic) bond motifs is 4. The Hall–Kier alpha value is -3.36. The topological polar surface area (TPSA) is 40.8 Å². The third-order valence-electron chi connectivity index (χ3n) is 6.67. The van der Waals surface area contributed by atoms with Gasteiger partial charge in [-0.3, -0.25) is 0 Å². The summed E-state index contributed by atoms with van der Waals surface area (Å²) in [7, 11) is 1.99. The monoisotopic (exact) mass is 509 g/mol. The number of hydrogen-bond acceptors (Lipinski definition) is 2. The fraction of sp³-hybridized carbons (Fsp3) is 0.200. The zero-order valence-corrected chi connectivity index (χ0v) is 21.8. The summed E-state index contributed by atoms with van der Waals surface area (Å²) in [6.07, 6.45) is 1.99. The van der Waals surface area contributed by atoms with Gasteiger partial charge < -0.3 is 0 Å². The fourth-order valence-electron chi connectivity index (χ4n) is 5.14. The molecule has 3 nitrogen and oxygen atoms in total. The summed E-state index contributed by atoms with van der Waals surface area (Å²) in [4.78, 5) is 0. The van der Waals surface area contributed by atoms with Crippen LogP contribution in [0.4, 0.5) is 0 Å². The van der Waals surface area contributed by atoms with Crippen LogP contribution in [0.5, 0.6) is 0 Å². The van der Waals surface area contributed by atoms with Gasteiger partial charge in [0.1, 0.15) is 0 Å². The Balaban J connectivity index is 1.76.